The van der Waals surface area contributed by atoms with Crippen LogP contribution in [0.2, 0.25) is 0 Å². The molecule has 0 saturated heterocycles. The first-order chi connectivity index (χ1) is 10.9. The maximum Gasteiger partial charge on any atom is 0.338 e. The van der Waals surface area contributed by atoms with E-state index in [-0.39, 0.29) is 17.9 Å². The highest BCUT2D eigenvalue weighted by atomic mass is 19.1. The van der Waals surface area contributed by atoms with E-state index in [2.05, 4.69) is 0 Å². The summed E-state index contributed by atoms with van der Waals surface area (Å²) in [7, 11) is 3.34. The minimum absolute atomic E-state index is 0.0682. The zero-order valence-electron chi connectivity index (χ0n) is 12.7. The molecule has 0 radical (unpaired) electrons. The van der Waals surface area contributed by atoms with Crippen molar-refractivity contribution in [2.75, 3.05) is 19.0 Å². The molecule has 0 spiro atoms. The van der Waals surface area contributed by atoms with Gasteiger partial charge in [-0.2, -0.15) is 0 Å². The first-order valence-corrected chi connectivity index (χ1v) is 6.76. The van der Waals surface area contributed by atoms with E-state index < -0.39 is 16.7 Å². The summed E-state index contributed by atoms with van der Waals surface area (Å²) in [6.45, 7) is -0.111. The van der Waals surface area contributed by atoms with Crippen molar-refractivity contribution in [2.45, 2.75) is 6.61 Å². The number of ether oxygens (including phenoxy) is 1. The summed E-state index contributed by atoms with van der Waals surface area (Å²) in [6.07, 6.45) is 0. The molecule has 0 amide bonds. The van der Waals surface area contributed by atoms with Crippen LogP contribution < -0.4 is 4.90 Å². The van der Waals surface area contributed by atoms with Gasteiger partial charge in [-0.15, -0.1) is 0 Å². The van der Waals surface area contributed by atoms with Gasteiger partial charge >= 0.3 is 5.97 Å². The first-order valence-electron chi connectivity index (χ1n) is 6.76. The molecule has 0 heterocycles. The lowest BCUT2D eigenvalue weighted by Gasteiger charge is -2.13. The van der Waals surface area contributed by atoms with Gasteiger partial charge in [0.05, 0.1) is 10.5 Å². The molecular formula is C16H15FN2O4. The van der Waals surface area contributed by atoms with E-state index in [1.165, 1.54) is 36.4 Å². The molecule has 6 nitrogen and oxygen atoms in total. The Labute approximate surface area is 132 Å². The molecule has 0 N–H and O–H groups in total. The average molecular weight is 318 g/mol. The van der Waals surface area contributed by atoms with E-state index in [0.717, 1.165) is 0 Å². The van der Waals surface area contributed by atoms with Gasteiger partial charge in [0.2, 0.25) is 0 Å². The van der Waals surface area contributed by atoms with Crippen molar-refractivity contribution in [3.8, 4) is 0 Å². The summed E-state index contributed by atoms with van der Waals surface area (Å²) < 4.78 is 18.1. The predicted molar refractivity (Wildman–Crippen MR) is 82.9 cm³/mol. The summed E-state index contributed by atoms with van der Waals surface area (Å²) in [5.74, 6) is -1.13. The van der Waals surface area contributed by atoms with E-state index in [9.17, 15) is 19.3 Å². The highest BCUT2D eigenvalue weighted by Crippen LogP contribution is 2.28. The van der Waals surface area contributed by atoms with Crippen LogP contribution in [0.1, 0.15) is 15.9 Å². The van der Waals surface area contributed by atoms with E-state index in [1.807, 2.05) is 0 Å². The summed E-state index contributed by atoms with van der Waals surface area (Å²) in [6, 6.07) is 9.78. The molecule has 2 rings (SSSR count). The molecule has 0 aliphatic rings. The molecule has 2 aromatic carbocycles. The molecule has 0 aliphatic carbocycles. The fourth-order valence-corrected chi connectivity index (χ4v) is 2.03. The molecular weight excluding hydrogens is 303 g/mol. The van der Waals surface area contributed by atoms with Crippen LogP contribution in [0.15, 0.2) is 42.5 Å². The Kier molecular flexibility index (Phi) is 4.90. The Bertz CT molecular complexity index is 747. The maximum atomic E-state index is 13.1. The van der Waals surface area contributed by atoms with Gasteiger partial charge in [0.1, 0.15) is 18.1 Å². The number of benzene rings is 2. The number of carbonyl (C=O) groups is 1. The number of hydrogen-bond acceptors (Lipinski definition) is 5. The largest absolute Gasteiger partial charge is 0.457 e. The van der Waals surface area contributed by atoms with Crippen molar-refractivity contribution >= 4 is 17.3 Å². The first kappa shape index (κ1) is 16.4. The van der Waals surface area contributed by atoms with E-state index >= 15 is 0 Å². The van der Waals surface area contributed by atoms with Crippen LogP contribution in [-0.4, -0.2) is 25.0 Å². The van der Waals surface area contributed by atoms with Gasteiger partial charge in [-0.3, -0.25) is 10.1 Å². The lowest BCUT2D eigenvalue weighted by molar-refractivity contribution is -0.384. The second kappa shape index (κ2) is 6.87. The van der Waals surface area contributed by atoms with Crippen LogP contribution >= 0.6 is 0 Å². The van der Waals surface area contributed by atoms with Crippen molar-refractivity contribution < 1.29 is 18.8 Å². The zero-order valence-corrected chi connectivity index (χ0v) is 12.7. The summed E-state index contributed by atoms with van der Waals surface area (Å²) >= 11 is 0. The SMILES string of the molecule is CN(C)c1ccc(C(=O)OCc2cccc(F)c2)cc1[N+](=O)[O-]. The lowest BCUT2D eigenvalue weighted by atomic mass is 10.1. The summed E-state index contributed by atoms with van der Waals surface area (Å²) in [5, 5.41) is 11.1. The van der Waals surface area contributed by atoms with Crippen LogP contribution in [0.5, 0.6) is 0 Å². The fourth-order valence-electron chi connectivity index (χ4n) is 2.03. The lowest BCUT2D eigenvalue weighted by Crippen LogP contribution is -2.12. The number of nitro groups is 1. The van der Waals surface area contributed by atoms with E-state index in [0.29, 0.717) is 11.3 Å². The van der Waals surface area contributed by atoms with E-state index in [4.69, 9.17) is 4.74 Å². The Morgan fingerprint density at radius 3 is 2.61 bits per heavy atom. The van der Waals surface area contributed by atoms with Gasteiger partial charge in [-0.05, 0) is 29.8 Å². The molecule has 0 fully saturated rings. The maximum absolute atomic E-state index is 13.1. The summed E-state index contributed by atoms with van der Waals surface area (Å²) in [5.41, 5.74) is 0.767. The zero-order chi connectivity index (χ0) is 17.0. The monoisotopic (exact) mass is 318 g/mol. The van der Waals surface area contributed by atoms with Crippen LogP contribution in [-0.2, 0) is 11.3 Å². The Hall–Kier alpha value is -2.96. The smallest absolute Gasteiger partial charge is 0.338 e. The number of carbonyl (C=O) groups excluding carboxylic acids is 1. The molecule has 0 saturated carbocycles. The van der Waals surface area contributed by atoms with Crippen molar-refractivity contribution in [3.63, 3.8) is 0 Å². The summed E-state index contributed by atoms with van der Waals surface area (Å²) in [4.78, 5) is 24.1. The third-order valence-electron chi connectivity index (χ3n) is 3.15. The van der Waals surface area contributed by atoms with Gasteiger partial charge in [0.25, 0.3) is 5.69 Å². The standard InChI is InChI=1S/C16H15FN2O4/c1-18(2)14-7-6-12(9-15(14)19(21)22)16(20)23-10-11-4-3-5-13(17)8-11/h3-9H,10H2,1-2H3. The van der Waals surface area contributed by atoms with Crippen LogP contribution in [0, 0.1) is 15.9 Å². The van der Waals surface area contributed by atoms with Gasteiger partial charge in [0.15, 0.2) is 0 Å². The topological polar surface area (TPSA) is 72.7 Å². The number of rotatable bonds is 5. The van der Waals surface area contributed by atoms with Crippen molar-refractivity contribution in [3.05, 3.63) is 69.5 Å². The second-order valence-electron chi connectivity index (χ2n) is 5.06. The molecule has 0 unspecified atom stereocenters. The molecule has 23 heavy (non-hydrogen) atoms. The molecule has 0 bridgehead atoms. The van der Waals surface area contributed by atoms with Crippen LogP contribution in [0.3, 0.4) is 0 Å². The number of esters is 1. The highest BCUT2D eigenvalue weighted by Gasteiger charge is 2.19. The number of nitrogens with zero attached hydrogens (tertiary/aromatic N) is 2. The minimum Gasteiger partial charge on any atom is -0.457 e. The van der Waals surface area contributed by atoms with Crippen molar-refractivity contribution in [2.24, 2.45) is 0 Å². The van der Waals surface area contributed by atoms with E-state index in [1.54, 1.807) is 25.1 Å². The van der Waals surface area contributed by atoms with Crippen molar-refractivity contribution in [1.29, 1.82) is 0 Å². The van der Waals surface area contributed by atoms with Gasteiger partial charge in [0, 0.05) is 20.2 Å². The normalized spacial score (nSPS) is 10.2. The second-order valence-corrected chi connectivity index (χ2v) is 5.06. The third kappa shape index (κ3) is 4.03. The highest BCUT2D eigenvalue weighted by molar-refractivity contribution is 5.91. The van der Waals surface area contributed by atoms with Crippen LogP contribution in [0.4, 0.5) is 15.8 Å². The fraction of sp³-hybridized carbons (Fsp3) is 0.188. The number of nitro benzene ring substituents is 1. The number of hydrogen-bond donors (Lipinski definition) is 0. The van der Waals surface area contributed by atoms with Crippen molar-refractivity contribution in [1.82, 2.24) is 0 Å². The van der Waals surface area contributed by atoms with Gasteiger partial charge in [-0.1, -0.05) is 12.1 Å². The molecule has 0 aromatic heterocycles. The molecule has 2 aromatic rings. The average Bonchev–Trinajstić information content (AvgIpc) is 2.52. The van der Waals surface area contributed by atoms with Gasteiger partial charge in [-0.25, -0.2) is 9.18 Å². The predicted octanol–water partition coefficient (Wildman–Crippen LogP) is 3.16. The van der Waals surface area contributed by atoms with Crippen LogP contribution in [0.25, 0.3) is 0 Å². The molecule has 120 valence electrons. The Morgan fingerprint density at radius 2 is 2.00 bits per heavy atom. The number of halogens is 1. The van der Waals surface area contributed by atoms with Gasteiger partial charge < -0.3 is 9.64 Å². The minimum atomic E-state index is -0.706. The molecule has 0 atom stereocenters. The Balaban J connectivity index is 2.16. The molecule has 0 aliphatic heterocycles. The quantitative estimate of drug-likeness (QED) is 0.481. The Morgan fingerprint density at radius 1 is 1.26 bits per heavy atom. The third-order valence-corrected chi connectivity index (χ3v) is 3.15. The molecule has 7 heteroatoms. The number of anilines is 1.